The van der Waals surface area contributed by atoms with Gasteiger partial charge in [-0.1, -0.05) is 12.1 Å². The number of phenolic OH excluding ortho intramolecular Hbond substituents is 1. The molecular formula is C18H18O3. The van der Waals surface area contributed by atoms with E-state index in [1.54, 1.807) is 25.3 Å². The molecule has 21 heavy (non-hydrogen) atoms. The van der Waals surface area contributed by atoms with Crippen molar-refractivity contribution in [3.8, 4) is 17.2 Å². The fourth-order valence-electron chi connectivity index (χ4n) is 2.67. The highest BCUT2D eigenvalue weighted by molar-refractivity contribution is 5.94. The van der Waals surface area contributed by atoms with Crippen LogP contribution in [0.4, 0.5) is 0 Å². The molecule has 0 bridgehead atoms. The second-order valence-electron chi connectivity index (χ2n) is 5.26. The van der Waals surface area contributed by atoms with Crippen LogP contribution in [0, 0.1) is 6.92 Å². The molecule has 1 aliphatic heterocycles. The SMILES string of the molecule is COc1cc(C2=C(C)c3cc(O)ccc3OC2)ccc1C. The first-order valence-corrected chi connectivity index (χ1v) is 6.91. The topological polar surface area (TPSA) is 38.7 Å². The number of methoxy groups -OCH3 is 1. The van der Waals surface area contributed by atoms with Gasteiger partial charge < -0.3 is 14.6 Å². The minimum Gasteiger partial charge on any atom is -0.508 e. The minimum atomic E-state index is 0.249. The summed E-state index contributed by atoms with van der Waals surface area (Å²) in [5, 5.41) is 9.68. The third-order valence-electron chi connectivity index (χ3n) is 3.95. The van der Waals surface area contributed by atoms with Crippen molar-refractivity contribution in [2.45, 2.75) is 13.8 Å². The molecule has 1 N–H and O–H groups in total. The van der Waals surface area contributed by atoms with E-state index < -0.39 is 0 Å². The smallest absolute Gasteiger partial charge is 0.127 e. The predicted octanol–water partition coefficient (Wildman–Crippen LogP) is 4.03. The molecular weight excluding hydrogens is 264 g/mol. The van der Waals surface area contributed by atoms with Gasteiger partial charge in [-0.15, -0.1) is 0 Å². The molecule has 0 radical (unpaired) electrons. The number of aryl methyl sites for hydroxylation is 1. The molecule has 0 spiro atoms. The maximum atomic E-state index is 9.68. The van der Waals surface area contributed by atoms with Crippen molar-refractivity contribution in [3.63, 3.8) is 0 Å². The zero-order valence-electron chi connectivity index (χ0n) is 12.4. The van der Waals surface area contributed by atoms with Crippen LogP contribution in [-0.4, -0.2) is 18.8 Å². The molecule has 3 rings (SSSR count). The molecule has 0 unspecified atom stereocenters. The second-order valence-corrected chi connectivity index (χ2v) is 5.26. The molecule has 0 saturated carbocycles. The van der Waals surface area contributed by atoms with Crippen LogP contribution in [0.2, 0.25) is 0 Å². The van der Waals surface area contributed by atoms with Crippen LogP contribution < -0.4 is 9.47 Å². The lowest BCUT2D eigenvalue weighted by Gasteiger charge is -2.23. The van der Waals surface area contributed by atoms with Gasteiger partial charge in [0, 0.05) is 11.1 Å². The Labute approximate surface area is 124 Å². The predicted molar refractivity (Wildman–Crippen MR) is 83.8 cm³/mol. The average molecular weight is 282 g/mol. The van der Waals surface area contributed by atoms with E-state index in [0.717, 1.165) is 39.3 Å². The quantitative estimate of drug-likeness (QED) is 0.903. The van der Waals surface area contributed by atoms with Crippen molar-refractivity contribution in [1.82, 2.24) is 0 Å². The highest BCUT2D eigenvalue weighted by Crippen LogP contribution is 2.39. The molecule has 0 amide bonds. The maximum Gasteiger partial charge on any atom is 0.127 e. The Balaban J connectivity index is 2.12. The van der Waals surface area contributed by atoms with E-state index in [1.165, 1.54) is 0 Å². The van der Waals surface area contributed by atoms with Gasteiger partial charge in [-0.3, -0.25) is 0 Å². The van der Waals surface area contributed by atoms with Gasteiger partial charge in [0.1, 0.15) is 23.9 Å². The first kappa shape index (κ1) is 13.6. The number of rotatable bonds is 2. The van der Waals surface area contributed by atoms with Gasteiger partial charge >= 0.3 is 0 Å². The molecule has 3 nitrogen and oxygen atoms in total. The summed E-state index contributed by atoms with van der Waals surface area (Å²) >= 11 is 0. The first-order valence-electron chi connectivity index (χ1n) is 6.91. The highest BCUT2D eigenvalue weighted by atomic mass is 16.5. The molecule has 108 valence electrons. The number of ether oxygens (including phenoxy) is 2. The summed E-state index contributed by atoms with van der Waals surface area (Å²) in [7, 11) is 1.68. The largest absolute Gasteiger partial charge is 0.508 e. The van der Waals surface area contributed by atoms with Gasteiger partial charge in [-0.25, -0.2) is 0 Å². The number of allylic oxidation sites excluding steroid dienone is 1. The van der Waals surface area contributed by atoms with E-state index in [0.29, 0.717) is 6.61 Å². The van der Waals surface area contributed by atoms with Crippen LogP contribution in [0.1, 0.15) is 23.6 Å². The normalized spacial score (nSPS) is 13.7. The molecule has 0 saturated heterocycles. The van der Waals surface area contributed by atoms with Crippen molar-refractivity contribution < 1.29 is 14.6 Å². The highest BCUT2D eigenvalue weighted by Gasteiger charge is 2.19. The fraction of sp³-hybridized carbons (Fsp3) is 0.222. The van der Waals surface area contributed by atoms with Gasteiger partial charge in [-0.2, -0.15) is 0 Å². The van der Waals surface area contributed by atoms with Gasteiger partial charge in [0.2, 0.25) is 0 Å². The number of phenols is 1. The van der Waals surface area contributed by atoms with E-state index in [2.05, 4.69) is 13.0 Å². The van der Waals surface area contributed by atoms with E-state index >= 15 is 0 Å². The lowest BCUT2D eigenvalue weighted by Crippen LogP contribution is -2.09. The molecule has 2 aromatic carbocycles. The van der Waals surface area contributed by atoms with Crippen molar-refractivity contribution in [2.75, 3.05) is 13.7 Å². The van der Waals surface area contributed by atoms with E-state index in [4.69, 9.17) is 9.47 Å². The summed E-state index contributed by atoms with van der Waals surface area (Å²) < 4.78 is 11.2. The van der Waals surface area contributed by atoms with Gasteiger partial charge in [0.15, 0.2) is 0 Å². The first-order chi connectivity index (χ1) is 10.1. The van der Waals surface area contributed by atoms with Crippen LogP contribution >= 0.6 is 0 Å². The number of fused-ring (bicyclic) bond motifs is 1. The Kier molecular flexibility index (Phi) is 3.34. The minimum absolute atomic E-state index is 0.249. The van der Waals surface area contributed by atoms with Crippen molar-refractivity contribution in [2.24, 2.45) is 0 Å². The van der Waals surface area contributed by atoms with Crippen molar-refractivity contribution in [3.05, 3.63) is 53.1 Å². The monoisotopic (exact) mass is 282 g/mol. The summed E-state index contributed by atoms with van der Waals surface area (Å²) in [5.41, 5.74) is 5.37. The Hall–Kier alpha value is -2.42. The van der Waals surface area contributed by atoms with E-state index in [9.17, 15) is 5.11 Å². The molecule has 0 fully saturated rings. The maximum absolute atomic E-state index is 9.68. The molecule has 0 aromatic heterocycles. The van der Waals surface area contributed by atoms with E-state index in [-0.39, 0.29) is 5.75 Å². The summed E-state index contributed by atoms with van der Waals surface area (Å²) in [5.74, 6) is 1.93. The number of hydrogen-bond donors (Lipinski definition) is 1. The summed E-state index contributed by atoms with van der Waals surface area (Å²) in [6.07, 6.45) is 0. The van der Waals surface area contributed by atoms with Crippen LogP contribution in [0.3, 0.4) is 0 Å². The molecule has 1 heterocycles. The van der Waals surface area contributed by atoms with Gasteiger partial charge in [-0.05, 0) is 54.8 Å². The average Bonchev–Trinajstić information content (AvgIpc) is 2.49. The Bertz CT molecular complexity index is 729. The molecule has 2 aromatic rings. The summed E-state index contributed by atoms with van der Waals surface area (Å²) in [4.78, 5) is 0. The number of benzene rings is 2. The van der Waals surface area contributed by atoms with Crippen LogP contribution in [0.15, 0.2) is 36.4 Å². The summed E-state index contributed by atoms with van der Waals surface area (Å²) in [6, 6.07) is 11.4. The third kappa shape index (κ3) is 2.35. The van der Waals surface area contributed by atoms with Crippen LogP contribution in [0.5, 0.6) is 17.2 Å². The number of hydrogen-bond acceptors (Lipinski definition) is 3. The third-order valence-corrected chi connectivity index (χ3v) is 3.95. The van der Waals surface area contributed by atoms with Crippen molar-refractivity contribution >= 4 is 11.1 Å². The van der Waals surface area contributed by atoms with Crippen LogP contribution in [0.25, 0.3) is 11.1 Å². The van der Waals surface area contributed by atoms with Crippen molar-refractivity contribution in [1.29, 1.82) is 0 Å². The Morgan fingerprint density at radius 3 is 2.67 bits per heavy atom. The number of aromatic hydroxyl groups is 1. The van der Waals surface area contributed by atoms with Gasteiger partial charge in [0.05, 0.1) is 7.11 Å². The lowest BCUT2D eigenvalue weighted by molar-refractivity contribution is 0.363. The lowest BCUT2D eigenvalue weighted by atomic mass is 9.93. The van der Waals surface area contributed by atoms with Gasteiger partial charge in [0.25, 0.3) is 0 Å². The molecule has 0 atom stereocenters. The molecule has 3 heteroatoms. The standard InChI is InChI=1S/C18H18O3/c1-11-4-5-13(8-18(11)20-3)16-10-21-17-7-6-14(19)9-15(17)12(16)2/h4-9,19H,10H2,1-3H3. The molecule has 1 aliphatic rings. The second kappa shape index (κ2) is 5.17. The molecule has 0 aliphatic carbocycles. The Morgan fingerprint density at radius 2 is 1.90 bits per heavy atom. The fourth-order valence-corrected chi connectivity index (χ4v) is 2.67. The summed E-state index contributed by atoms with van der Waals surface area (Å²) in [6.45, 7) is 4.60. The van der Waals surface area contributed by atoms with E-state index in [1.807, 2.05) is 19.1 Å². The Morgan fingerprint density at radius 1 is 1.10 bits per heavy atom. The zero-order valence-corrected chi connectivity index (χ0v) is 12.4. The van der Waals surface area contributed by atoms with Crippen LogP contribution in [-0.2, 0) is 0 Å². The zero-order chi connectivity index (χ0) is 15.0.